The molecule has 0 amide bonds. The van der Waals surface area contributed by atoms with Gasteiger partial charge in [0.25, 0.3) is 0 Å². The molecule has 0 spiro atoms. The van der Waals surface area contributed by atoms with Gasteiger partial charge in [-0.05, 0) is 60.6 Å². The zero-order valence-electron chi connectivity index (χ0n) is 14.1. The SMILES string of the molecule is CSC(N)=Nc1ccc2nc(N[C@@H]3CCc4ccccc43)ccc2c1. The Morgan fingerprint density at radius 2 is 2.08 bits per heavy atom. The summed E-state index contributed by atoms with van der Waals surface area (Å²) in [6.07, 6.45) is 4.15. The van der Waals surface area contributed by atoms with Crippen LogP contribution in [0.5, 0.6) is 0 Å². The minimum Gasteiger partial charge on any atom is -0.378 e. The minimum absolute atomic E-state index is 0.339. The third-order valence-corrected chi connectivity index (χ3v) is 5.09. The van der Waals surface area contributed by atoms with E-state index in [9.17, 15) is 0 Å². The molecule has 2 aromatic carbocycles. The number of hydrogen-bond acceptors (Lipinski definition) is 4. The fraction of sp³-hybridized carbons (Fsp3) is 0.200. The lowest BCUT2D eigenvalue weighted by molar-refractivity contribution is 0.758. The van der Waals surface area contributed by atoms with Crippen molar-refractivity contribution in [2.24, 2.45) is 10.7 Å². The average Bonchev–Trinajstić information content (AvgIpc) is 3.05. The van der Waals surface area contributed by atoms with Crippen molar-refractivity contribution in [2.75, 3.05) is 11.6 Å². The predicted octanol–water partition coefficient (Wildman–Crippen LogP) is 4.64. The number of amidine groups is 1. The summed E-state index contributed by atoms with van der Waals surface area (Å²) < 4.78 is 0. The molecule has 1 aliphatic carbocycles. The standard InChI is InChI=1S/C20H20N4S/c1-25-20(21)22-15-8-10-17-14(12-15)7-11-19(23-17)24-18-9-6-13-4-2-3-5-16(13)18/h2-5,7-8,10-12,18H,6,9H2,1H3,(H2,21,22)(H,23,24)/t18-/m1/s1. The zero-order valence-corrected chi connectivity index (χ0v) is 14.9. The minimum atomic E-state index is 0.339. The first kappa shape index (κ1) is 16.0. The second kappa shape index (κ2) is 6.76. The first-order chi connectivity index (χ1) is 12.2. The molecule has 4 nitrogen and oxygen atoms in total. The molecule has 126 valence electrons. The van der Waals surface area contributed by atoms with Crippen LogP contribution in [0, 0.1) is 0 Å². The zero-order chi connectivity index (χ0) is 17.2. The van der Waals surface area contributed by atoms with Crippen LogP contribution < -0.4 is 11.1 Å². The van der Waals surface area contributed by atoms with Gasteiger partial charge in [-0.15, -0.1) is 0 Å². The molecule has 0 unspecified atom stereocenters. The van der Waals surface area contributed by atoms with Crippen LogP contribution in [-0.4, -0.2) is 16.4 Å². The number of aryl methyl sites for hydroxylation is 1. The van der Waals surface area contributed by atoms with Gasteiger partial charge in [-0.2, -0.15) is 0 Å². The lowest BCUT2D eigenvalue weighted by atomic mass is 10.1. The Morgan fingerprint density at radius 3 is 2.96 bits per heavy atom. The number of aliphatic imine (C=N–C) groups is 1. The van der Waals surface area contributed by atoms with Crippen molar-refractivity contribution >= 4 is 39.3 Å². The van der Waals surface area contributed by atoms with E-state index >= 15 is 0 Å². The van der Waals surface area contributed by atoms with Crippen molar-refractivity contribution in [2.45, 2.75) is 18.9 Å². The van der Waals surface area contributed by atoms with Crippen molar-refractivity contribution < 1.29 is 0 Å². The molecule has 4 rings (SSSR count). The molecule has 1 aliphatic rings. The fourth-order valence-corrected chi connectivity index (χ4v) is 3.52. The van der Waals surface area contributed by atoms with E-state index in [-0.39, 0.29) is 0 Å². The molecule has 0 aliphatic heterocycles. The summed E-state index contributed by atoms with van der Waals surface area (Å²) >= 11 is 1.44. The first-order valence-corrected chi connectivity index (χ1v) is 9.59. The molecule has 0 saturated carbocycles. The van der Waals surface area contributed by atoms with E-state index in [1.165, 1.54) is 22.9 Å². The normalized spacial score (nSPS) is 16.8. The highest BCUT2D eigenvalue weighted by molar-refractivity contribution is 8.13. The van der Waals surface area contributed by atoms with Gasteiger partial charge in [0.1, 0.15) is 5.82 Å². The quantitative estimate of drug-likeness (QED) is 0.534. The van der Waals surface area contributed by atoms with Gasteiger partial charge in [0.2, 0.25) is 0 Å². The topological polar surface area (TPSA) is 63.3 Å². The average molecular weight is 348 g/mol. The Bertz CT molecular complexity index is 951. The Morgan fingerprint density at radius 1 is 1.20 bits per heavy atom. The van der Waals surface area contributed by atoms with Crippen LogP contribution in [0.2, 0.25) is 0 Å². The first-order valence-electron chi connectivity index (χ1n) is 8.36. The maximum absolute atomic E-state index is 5.79. The van der Waals surface area contributed by atoms with E-state index in [0.717, 1.165) is 35.2 Å². The molecule has 0 bridgehead atoms. The number of nitrogens with two attached hydrogens (primary N) is 1. The molecular formula is C20H20N4S. The molecule has 1 aromatic heterocycles. The Hall–Kier alpha value is -2.53. The van der Waals surface area contributed by atoms with Crippen LogP contribution in [0.25, 0.3) is 10.9 Å². The summed E-state index contributed by atoms with van der Waals surface area (Å²) in [6.45, 7) is 0. The van der Waals surface area contributed by atoms with Gasteiger partial charge in [-0.25, -0.2) is 9.98 Å². The Labute approximate surface area is 151 Å². The number of rotatable bonds is 3. The second-order valence-corrected chi connectivity index (χ2v) is 6.99. The number of nitrogens with zero attached hydrogens (tertiary/aromatic N) is 2. The van der Waals surface area contributed by atoms with E-state index in [1.807, 2.05) is 30.5 Å². The number of anilines is 1. The van der Waals surface area contributed by atoms with Crippen molar-refractivity contribution in [1.29, 1.82) is 0 Å². The predicted molar refractivity (Wildman–Crippen MR) is 108 cm³/mol. The van der Waals surface area contributed by atoms with Crippen molar-refractivity contribution in [3.8, 4) is 0 Å². The summed E-state index contributed by atoms with van der Waals surface area (Å²) in [5, 5.41) is 5.21. The van der Waals surface area contributed by atoms with E-state index < -0.39 is 0 Å². The fourth-order valence-electron chi connectivity index (χ4n) is 3.32. The molecule has 5 heteroatoms. The second-order valence-electron chi connectivity index (χ2n) is 6.16. The van der Waals surface area contributed by atoms with Gasteiger partial charge >= 0.3 is 0 Å². The van der Waals surface area contributed by atoms with Crippen LogP contribution in [0.3, 0.4) is 0 Å². The summed E-state index contributed by atoms with van der Waals surface area (Å²) in [7, 11) is 0. The third-order valence-electron chi connectivity index (χ3n) is 4.58. The van der Waals surface area contributed by atoms with Gasteiger partial charge in [-0.3, -0.25) is 0 Å². The van der Waals surface area contributed by atoms with Crippen LogP contribution in [0.15, 0.2) is 59.6 Å². The number of hydrogen-bond donors (Lipinski definition) is 2. The number of aromatic nitrogens is 1. The Kier molecular flexibility index (Phi) is 4.32. The highest BCUT2D eigenvalue weighted by atomic mass is 32.2. The van der Waals surface area contributed by atoms with Gasteiger partial charge in [0.15, 0.2) is 5.17 Å². The van der Waals surface area contributed by atoms with E-state index in [2.05, 4.69) is 40.6 Å². The maximum Gasteiger partial charge on any atom is 0.158 e. The van der Waals surface area contributed by atoms with Gasteiger partial charge in [0, 0.05) is 5.39 Å². The highest BCUT2D eigenvalue weighted by Crippen LogP contribution is 2.33. The molecule has 0 saturated heterocycles. The summed E-state index contributed by atoms with van der Waals surface area (Å²) in [5.41, 5.74) is 10.4. The van der Waals surface area contributed by atoms with Crippen molar-refractivity contribution in [1.82, 2.24) is 4.98 Å². The third kappa shape index (κ3) is 3.33. The van der Waals surface area contributed by atoms with E-state index in [4.69, 9.17) is 10.7 Å². The maximum atomic E-state index is 5.79. The monoisotopic (exact) mass is 348 g/mol. The summed E-state index contributed by atoms with van der Waals surface area (Å²) in [5.74, 6) is 0.911. The van der Waals surface area contributed by atoms with Crippen LogP contribution in [0.4, 0.5) is 11.5 Å². The Balaban J connectivity index is 1.59. The molecule has 25 heavy (non-hydrogen) atoms. The number of thioether (sulfide) groups is 1. The summed E-state index contributed by atoms with van der Waals surface area (Å²) in [4.78, 5) is 9.13. The molecule has 1 atom stereocenters. The van der Waals surface area contributed by atoms with Crippen molar-refractivity contribution in [3.63, 3.8) is 0 Å². The van der Waals surface area contributed by atoms with Gasteiger partial charge in [-0.1, -0.05) is 36.0 Å². The van der Waals surface area contributed by atoms with Crippen molar-refractivity contribution in [3.05, 3.63) is 65.7 Å². The van der Waals surface area contributed by atoms with Gasteiger partial charge < -0.3 is 11.1 Å². The molecular weight excluding hydrogens is 328 g/mol. The number of benzene rings is 2. The van der Waals surface area contributed by atoms with Crippen LogP contribution >= 0.6 is 11.8 Å². The lowest BCUT2D eigenvalue weighted by Gasteiger charge is -2.15. The lowest BCUT2D eigenvalue weighted by Crippen LogP contribution is -2.08. The number of pyridine rings is 1. The summed E-state index contributed by atoms with van der Waals surface area (Å²) in [6, 6.07) is 19.1. The number of fused-ring (bicyclic) bond motifs is 2. The number of nitrogens with one attached hydrogen (secondary N) is 1. The molecule has 0 fully saturated rings. The smallest absolute Gasteiger partial charge is 0.158 e. The molecule has 3 aromatic rings. The largest absolute Gasteiger partial charge is 0.378 e. The molecule has 0 radical (unpaired) electrons. The molecule has 1 heterocycles. The van der Waals surface area contributed by atoms with E-state index in [0.29, 0.717) is 11.2 Å². The highest BCUT2D eigenvalue weighted by Gasteiger charge is 2.21. The van der Waals surface area contributed by atoms with Gasteiger partial charge in [0.05, 0.1) is 17.2 Å². The van der Waals surface area contributed by atoms with E-state index in [1.54, 1.807) is 0 Å². The van der Waals surface area contributed by atoms with Crippen LogP contribution in [-0.2, 0) is 6.42 Å². The van der Waals surface area contributed by atoms with Crippen LogP contribution in [0.1, 0.15) is 23.6 Å². The molecule has 3 N–H and O–H groups in total.